The zero-order valence-corrected chi connectivity index (χ0v) is 21.2. The number of aromatic nitrogens is 2. The van der Waals surface area contributed by atoms with Gasteiger partial charge in [-0.3, -0.25) is 4.57 Å². The van der Waals surface area contributed by atoms with E-state index in [-0.39, 0.29) is 39.2 Å². The van der Waals surface area contributed by atoms with E-state index >= 15 is 0 Å². The van der Waals surface area contributed by atoms with Crippen LogP contribution in [0.4, 0.5) is 0 Å². The van der Waals surface area contributed by atoms with Crippen molar-refractivity contribution in [2.45, 2.75) is 0 Å². The Morgan fingerprint density at radius 1 is 0.488 bits per heavy atom. The Bertz CT molecular complexity index is 2960. The highest BCUT2D eigenvalue weighted by molar-refractivity contribution is 6.21. The molecule has 0 spiro atoms. The second-order valence-corrected chi connectivity index (χ2v) is 9.29. The Morgan fingerprint density at radius 2 is 1.02 bits per heavy atom. The number of rotatable bonds is 4. The molecule has 0 bridgehead atoms. The number of imidazole rings is 1. The van der Waals surface area contributed by atoms with E-state index < -0.39 is 90.6 Å². The van der Waals surface area contributed by atoms with Gasteiger partial charge in [-0.1, -0.05) is 127 Å². The summed E-state index contributed by atoms with van der Waals surface area (Å²) in [6.07, 6.45) is 0. The lowest BCUT2D eigenvalue weighted by Crippen LogP contribution is -1.98. The molecule has 0 amide bonds. The third kappa shape index (κ3) is 3.84. The minimum absolute atomic E-state index is 0.107. The fourth-order valence-electron chi connectivity index (χ4n) is 5.41. The molecule has 7 aromatic carbocycles. The molecule has 192 valence electrons. The topological polar surface area (TPSA) is 17.8 Å². The molecule has 8 rings (SSSR count). The first-order chi connectivity index (χ1) is 26.6. The maximum absolute atomic E-state index is 9.02. The average molecular weight is 538 g/mol. The van der Waals surface area contributed by atoms with Crippen molar-refractivity contribution in [1.82, 2.24) is 9.55 Å². The van der Waals surface area contributed by atoms with Crippen LogP contribution in [0.3, 0.4) is 0 Å². The van der Waals surface area contributed by atoms with Crippen LogP contribution in [0, 0.1) is 0 Å². The quantitative estimate of drug-likeness (QED) is 0.204. The van der Waals surface area contributed by atoms with Crippen LogP contribution >= 0.6 is 0 Å². The molecule has 0 saturated carbocycles. The SMILES string of the molecule is [2H]c1c([2H])c([2H])c(-c2c3ccccc3c(-c3c([2H])c([2H])c([2H])c([2H])c3[2H])c3cc(-c4nc5ccccc5n4-c4c([2H])c([2H])c([2H])c([2H])c4[2H])ccc23)c([2H])c1[2H]. The summed E-state index contributed by atoms with van der Waals surface area (Å²) in [4.78, 5) is 4.85. The molecule has 0 aliphatic rings. The van der Waals surface area contributed by atoms with Gasteiger partial charge in [0.05, 0.1) is 31.6 Å². The van der Waals surface area contributed by atoms with E-state index in [1.165, 1.54) is 4.57 Å². The average Bonchev–Trinajstić information content (AvgIpc) is 3.58. The maximum Gasteiger partial charge on any atom is 0.145 e. The van der Waals surface area contributed by atoms with Gasteiger partial charge in [0, 0.05) is 11.3 Å². The van der Waals surface area contributed by atoms with Crippen molar-refractivity contribution >= 4 is 32.6 Å². The lowest BCUT2D eigenvalue weighted by molar-refractivity contribution is 1.10. The summed E-state index contributed by atoms with van der Waals surface area (Å²) < 4.78 is 131. The highest BCUT2D eigenvalue weighted by atomic mass is 15.1. The highest BCUT2D eigenvalue weighted by Crippen LogP contribution is 2.45. The summed E-state index contributed by atoms with van der Waals surface area (Å²) in [5.41, 5.74) is 1.22. The predicted molar refractivity (Wildman–Crippen MR) is 172 cm³/mol. The van der Waals surface area contributed by atoms with Crippen molar-refractivity contribution < 1.29 is 20.6 Å². The Balaban J connectivity index is 1.60. The van der Waals surface area contributed by atoms with Gasteiger partial charge in [0.25, 0.3) is 0 Å². The second-order valence-electron chi connectivity index (χ2n) is 9.29. The standard InChI is InChI=1S/C39H26N2/c1-4-14-27(15-5-1)37-31-20-10-11-21-32(31)38(28-16-6-2-7-17-28)34-26-29(24-25-33(34)37)39-40-35-22-12-13-23-36(35)41(39)30-18-8-3-9-19-30/h1-26H/i1D,2D,3D,4D,5D,6D,7D,8D,9D,14D,15D,16D,17D,18D,19D. The van der Waals surface area contributed by atoms with E-state index in [0.717, 1.165) is 0 Å². The molecule has 0 saturated heterocycles. The highest BCUT2D eigenvalue weighted by Gasteiger charge is 2.19. The first-order valence-electron chi connectivity index (χ1n) is 20.3. The summed E-state index contributed by atoms with van der Waals surface area (Å²) >= 11 is 0. The molecule has 8 aromatic rings. The van der Waals surface area contributed by atoms with Crippen LogP contribution < -0.4 is 0 Å². The predicted octanol–water partition coefficient (Wildman–Crippen LogP) is 10.3. The van der Waals surface area contributed by atoms with Crippen molar-refractivity contribution in [3.8, 4) is 39.3 Å². The van der Waals surface area contributed by atoms with Gasteiger partial charge in [0.15, 0.2) is 0 Å². The number of hydrogen-bond donors (Lipinski definition) is 0. The first kappa shape index (κ1) is 12.8. The monoisotopic (exact) mass is 537 g/mol. The molecule has 41 heavy (non-hydrogen) atoms. The van der Waals surface area contributed by atoms with E-state index in [1.807, 2.05) is 0 Å². The Labute approximate surface area is 259 Å². The zero-order chi connectivity index (χ0) is 40.2. The van der Waals surface area contributed by atoms with Crippen molar-refractivity contribution in [3.63, 3.8) is 0 Å². The molecule has 1 aromatic heterocycles. The van der Waals surface area contributed by atoms with Gasteiger partial charge >= 0.3 is 0 Å². The molecular weight excluding hydrogens is 496 g/mol. The van der Waals surface area contributed by atoms with Crippen LogP contribution in [0.25, 0.3) is 71.9 Å². The Kier molecular flexibility index (Phi) is 3.00. The number of nitrogens with zero attached hydrogens (tertiary/aromatic N) is 2. The van der Waals surface area contributed by atoms with Crippen LogP contribution in [0.1, 0.15) is 20.6 Å². The molecule has 0 atom stereocenters. The van der Waals surface area contributed by atoms with Crippen molar-refractivity contribution in [1.29, 1.82) is 0 Å². The van der Waals surface area contributed by atoms with Gasteiger partial charge in [-0.05, 0) is 74.1 Å². The van der Waals surface area contributed by atoms with Crippen molar-refractivity contribution in [2.75, 3.05) is 0 Å². The molecule has 0 unspecified atom stereocenters. The molecule has 0 fully saturated rings. The van der Waals surface area contributed by atoms with Crippen LogP contribution in [-0.2, 0) is 0 Å². The van der Waals surface area contributed by atoms with Gasteiger partial charge in [-0.25, -0.2) is 4.98 Å². The van der Waals surface area contributed by atoms with Gasteiger partial charge in [-0.15, -0.1) is 0 Å². The normalized spacial score (nSPS) is 16.5. The summed E-state index contributed by atoms with van der Waals surface area (Å²) in [6, 6.07) is 10.4. The van der Waals surface area contributed by atoms with E-state index in [0.29, 0.717) is 32.8 Å². The third-order valence-corrected chi connectivity index (χ3v) is 7.05. The molecule has 1 heterocycles. The van der Waals surface area contributed by atoms with E-state index in [9.17, 15) is 0 Å². The minimum Gasteiger partial charge on any atom is -0.292 e. The molecular formula is C39H26N2. The molecule has 2 nitrogen and oxygen atoms in total. The first-order valence-corrected chi connectivity index (χ1v) is 12.8. The van der Waals surface area contributed by atoms with E-state index in [2.05, 4.69) is 0 Å². The van der Waals surface area contributed by atoms with Crippen molar-refractivity contribution in [2.24, 2.45) is 0 Å². The van der Waals surface area contributed by atoms with E-state index in [4.69, 9.17) is 25.5 Å². The molecule has 0 N–H and O–H groups in total. The van der Waals surface area contributed by atoms with Crippen LogP contribution in [-0.4, -0.2) is 9.55 Å². The summed E-state index contributed by atoms with van der Waals surface area (Å²) in [6.45, 7) is 0. The number of para-hydroxylation sites is 3. The van der Waals surface area contributed by atoms with Gasteiger partial charge in [0.2, 0.25) is 0 Å². The molecule has 0 aliphatic heterocycles. The molecule has 0 radical (unpaired) electrons. The van der Waals surface area contributed by atoms with Crippen LogP contribution in [0.2, 0.25) is 0 Å². The largest absolute Gasteiger partial charge is 0.292 e. The second kappa shape index (κ2) is 9.62. The van der Waals surface area contributed by atoms with Gasteiger partial charge in [-0.2, -0.15) is 0 Å². The maximum atomic E-state index is 9.02. The summed E-state index contributed by atoms with van der Waals surface area (Å²) in [7, 11) is 0. The summed E-state index contributed by atoms with van der Waals surface area (Å²) in [5, 5.41) is 1.33. The van der Waals surface area contributed by atoms with Crippen molar-refractivity contribution in [3.05, 3.63) is 157 Å². The van der Waals surface area contributed by atoms with E-state index in [1.54, 1.807) is 66.7 Å². The Hall–Kier alpha value is -5.47. The van der Waals surface area contributed by atoms with Crippen LogP contribution in [0.15, 0.2) is 157 Å². The lowest BCUT2D eigenvalue weighted by atomic mass is 9.85. The third-order valence-electron chi connectivity index (χ3n) is 7.05. The van der Waals surface area contributed by atoms with Gasteiger partial charge < -0.3 is 0 Å². The van der Waals surface area contributed by atoms with Gasteiger partial charge in [0.1, 0.15) is 5.82 Å². The smallest absolute Gasteiger partial charge is 0.145 e. The Morgan fingerprint density at radius 3 is 1.68 bits per heavy atom. The fraction of sp³-hybridized carbons (Fsp3) is 0. The number of benzene rings is 7. The molecule has 2 heteroatoms. The zero-order valence-electron chi connectivity index (χ0n) is 36.2. The fourth-order valence-corrected chi connectivity index (χ4v) is 5.41. The molecule has 0 aliphatic carbocycles. The lowest BCUT2D eigenvalue weighted by Gasteiger charge is -2.19. The van der Waals surface area contributed by atoms with Crippen LogP contribution in [0.5, 0.6) is 0 Å². The minimum atomic E-state index is -0.596. The number of fused-ring (bicyclic) bond motifs is 3. The number of hydrogen-bond acceptors (Lipinski definition) is 1. The summed E-state index contributed by atoms with van der Waals surface area (Å²) in [5.74, 6) is 0.149.